The maximum Gasteiger partial charge on any atom is 0.338 e. The lowest BCUT2D eigenvalue weighted by molar-refractivity contribution is 0.0599. The number of carbonyl (C=O) groups is 2. The van der Waals surface area contributed by atoms with Crippen molar-refractivity contribution in [3.05, 3.63) is 64.2 Å². The van der Waals surface area contributed by atoms with Crippen LogP contribution in [0, 0.1) is 20.8 Å². The number of aryl methyl sites for hydroxylation is 2. The number of hydrogen-bond acceptors (Lipinski definition) is 3. The van der Waals surface area contributed by atoms with Crippen molar-refractivity contribution < 1.29 is 14.3 Å². The van der Waals surface area contributed by atoms with E-state index in [1.165, 1.54) is 7.11 Å². The average molecular weight is 297 g/mol. The molecular weight excluding hydrogens is 278 g/mol. The van der Waals surface area contributed by atoms with Crippen LogP contribution in [0.4, 0.5) is 5.69 Å². The third kappa shape index (κ3) is 3.17. The molecule has 1 amide bonds. The second-order valence-electron chi connectivity index (χ2n) is 5.22. The molecule has 0 fully saturated rings. The van der Waals surface area contributed by atoms with Gasteiger partial charge in [-0.3, -0.25) is 4.79 Å². The fourth-order valence-electron chi connectivity index (χ4n) is 2.18. The minimum Gasteiger partial charge on any atom is -0.465 e. The van der Waals surface area contributed by atoms with Crippen LogP contribution >= 0.6 is 0 Å². The van der Waals surface area contributed by atoms with Crippen molar-refractivity contribution in [2.24, 2.45) is 0 Å². The first kappa shape index (κ1) is 15.8. The molecule has 1 N–H and O–H groups in total. The lowest BCUT2D eigenvalue weighted by atomic mass is 10.0. The van der Waals surface area contributed by atoms with E-state index < -0.39 is 5.97 Å². The Kier molecular flexibility index (Phi) is 4.61. The van der Waals surface area contributed by atoms with Crippen LogP contribution in [-0.4, -0.2) is 19.0 Å². The quantitative estimate of drug-likeness (QED) is 0.880. The summed E-state index contributed by atoms with van der Waals surface area (Å²) in [5.74, 6) is -0.618. The fraction of sp³-hybridized carbons (Fsp3) is 0.222. The molecule has 0 spiro atoms. The van der Waals surface area contributed by atoms with Gasteiger partial charge < -0.3 is 10.1 Å². The lowest BCUT2D eigenvalue weighted by Crippen LogP contribution is -2.14. The first-order chi connectivity index (χ1) is 10.4. The van der Waals surface area contributed by atoms with E-state index in [2.05, 4.69) is 5.32 Å². The highest BCUT2D eigenvalue weighted by Gasteiger charge is 2.14. The van der Waals surface area contributed by atoms with E-state index in [1.807, 2.05) is 26.0 Å². The van der Waals surface area contributed by atoms with Crippen molar-refractivity contribution in [2.45, 2.75) is 20.8 Å². The maximum atomic E-state index is 12.4. The smallest absolute Gasteiger partial charge is 0.338 e. The molecule has 2 aromatic carbocycles. The van der Waals surface area contributed by atoms with Gasteiger partial charge in [0.25, 0.3) is 5.91 Å². The molecule has 0 unspecified atom stereocenters. The molecule has 0 radical (unpaired) electrons. The molecule has 22 heavy (non-hydrogen) atoms. The molecule has 4 nitrogen and oxygen atoms in total. The Hall–Kier alpha value is -2.62. The van der Waals surface area contributed by atoms with Gasteiger partial charge in [-0.2, -0.15) is 0 Å². The van der Waals surface area contributed by atoms with Crippen LogP contribution in [0.15, 0.2) is 36.4 Å². The van der Waals surface area contributed by atoms with Gasteiger partial charge in [0.1, 0.15) is 0 Å². The summed E-state index contributed by atoms with van der Waals surface area (Å²) < 4.78 is 4.74. The van der Waals surface area contributed by atoms with Crippen molar-refractivity contribution in [1.82, 2.24) is 0 Å². The predicted octanol–water partition coefficient (Wildman–Crippen LogP) is 3.65. The second-order valence-corrected chi connectivity index (χ2v) is 5.22. The van der Waals surface area contributed by atoms with Crippen molar-refractivity contribution in [2.75, 3.05) is 12.4 Å². The second kappa shape index (κ2) is 6.43. The standard InChI is InChI=1S/C18H19NO3/c1-11-8-9-14(10-12(11)2)17(20)19-16-7-5-6-15(13(16)3)18(21)22-4/h5-10H,1-4H3,(H,19,20). The SMILES string of the molecule is COC(=O)c1cccc(NC(=O)c2ccc(C)c(C)c2)c1C. The van der Waals surface area contributed by atoms with Gasteiger partial charge in [-0.05, 0) is 61.7 Å². The first-order valence-electron chi connectivity index (χ1n) is 7.00. The minimum atomic E-state index is -0.417. The number of amides is 1. The van der Waals surface area contributed by atoms with Gasteiger partial charge in [0, 0.05) is 11.3 Å². The van der Waals surface area contributed by atoms with Gasteiger partial charge in [-0.1, -0.05) is 12.1 Å². The number of carbonyl (C=O) groups excluding carboxylic acids is 2. The molecule has 4 heteroatoms. The van der Waals surface area contributed by atoms with Crippen LogP contribution in [0.2, 0.25) is 0 Å². The number of anilines is 1. The zero-order valence-electron chi connectivity index (χ0n) is 13.2. The maximum absolute atomic E-state index is 12.4. The summed E-state index contributed by atoms with van der Waals surface area (Å²) in [6.45, 7) is 5.75. The Balaban J connectivity index is 2.28. The summed E-state index contributed by atoms with van der Waals surface area (Å²) in [7, 11) is 1.34. The Morgan fingerprint density at radius 2 is 1.73 bits per heavy atom. The van der Waals surface area contributed by atoms with Gasteiger partial charge >= 0.3 is 5.97 Å². The molecule has 0 heterocycles. The van der Waals surface area contributed by atoms with E-state index in [0.717, 1.165) is 11.1 Å². The van der Waals surface area contributed by atoms with Gasteiger partial charge in [0.15, 0.2) is 0 Å². The van der Waals surface area contributed by atoms with Crippen LogP contribution in [-0.2, 0) is 4.74 Å². The highest BCUT2D eigenvalue weighted by Crippen LogP contribution is 2.21. The number of nitrogens with one attached hydrogen (secondary N) is 1. The Morgan fingerprint density at radius 1 is 1.00 bits per heavy atom. The number of ether oxygens (including phenoxy) is 1. The molecule has 0 saturated carbocycles. The van der Waals surface area contributed by atoms with Gasteiger partial charge in [-0.25, -0.2) is 4.79 Å². The van der Waals surface area contributed by atoms with Gasteiger partial charge in [-0.15, -0.1) is 0 Å². The van der Waals surface area contributed by atoms with Gasteiger partial charge in [0.05, 0.1) is 12.7 Å². The topological polar surface area (TPSA) is 55.4 Å². The van der Waals surface area contributed by atoms with Crippen LogP contribution in [0.3, 0.4) is 0 Å². The molecular formula is C18H19NO3. The highest BCUT2D eigenvalue weighted by atomic mass is 16.5. The van der Waals surface area contributed by atoms with E-state index in [1.54, 1.807) is 31.2 Å². The highest BCUT2D eigenvalue weighted by molar-refractivity contribution is 6.05. The molecule has 0 saturated heterocycles. The molecule has 2 rings (SSSR count). The monoisotopic (exact) mass is 297 g/mol. The zero-order valence-corrected chi connectivity index (χ0v) is 13.2. The van der Waals surface area contributed by atoms with Crippen molar-refractivity contribution in [1.29, 1.82) is 0 Å². The minimum absolute atomic E-state index is 0.201. The lowest BCUT2D eigenvalue weighted by Gasteiger charge is -2.12. The first-order valence-corrected chi connectivity index (χ1v) is 7.00. The summed E-state index contributed by atoms with van der Waals surface area (Å²) in [5, 5.41) is 2.85. The van der Waals surface area contributed by atoms with Crippen molar-refractivity contribution >= 4 is 17.6 Å². The largest absolute Gasteiger partial charge is 0.465 e. The molecule has 2 aromatic rings. The average Bonchev–Trinajstić information content (AvgIpc) is 2.51. The Morgan fingerprint density at radius 3 is 2.36 bits per heavy atom. The number of methoxy groups -OCH3 is 1. The third-order valence-corrected chi connectivity index (χ3v) is 3.76. The van der Waals surface area contributed by atoms with Crippen molar-refractivity contribution in [3.8, 4) is 0 Å². The molecule has 0 aromatic heterocycles. The van der Waals surface area contributed by atoms with Crippen LogP contribution in [0.5, 0.6) is 0 Å². The Labute approximate surface area is 130 Å². The summed E-state index contributed by atoms with van der Waals surface area (Å²) in [6.07, 6.45) is 0. The van der Waals surface area contributed by atoms with E-state index in [-0.39, 0.29) is 5.91 Å². The van der Waals surface area contributed by atoms with Crippen LogP contribution in [0.1, 0.15) is 37.4 Å². The Bertz CT molecular complexity index is 735. The summed E-state index contributed by atoms with van der Waals surface area (Å²) in [5.41, 5.74) is 4.53. The summed E-state index contributed by atoms with van der Waals surface area (Å²) >= 11 is 0. The van der Waals surface area contributed by atoms with Crippen LogP contribution in [0.25, 0.3) is 0 Å². The van der Waals surface area contributed by atoms with E-state index >= 15 is 0 Å². The number of benzene rings is 2. The molecule has 0 atom stereocenters. The number of hydrogen-bond donors (Lipinski definition) is 1. The fourth-order valence-corrected chi connectivity index (χ4v) is 2.18. The summed E-state index contributed by atoms with van der Waals surface area (Å²) in [4.78, 5) is 24.0. The number of esters is 1. The molecule has 0 aliphatic carbocycles. The summed E-state index contributed by atoms with van der Waals surface area (Å²) in [6, 6.07) is 10.7. The normalized spacial score (nSPS) is 10.2. The zero-order chi connectivity index (χ0) is 16.3. The van der Waals surface area contributed by atoms with E-state index in [4.69, 9.17) is 4.74 Å². The predicted molar refractivity (Wildman–Crippen MR) is 86.4 cm³/mol. The van der Waals surface area contributed by atoms with Gasteiger partial charge in [0.2, 0.25) is 0 Å². The van der Waals surface area contributed by atoms with Crippen molar-refractivity contribution in [3.63, 3.8) is 0 Å². The molecule has 114 valence electrons. The third-order valence-electron chi connectivity index (χ3n) is 3.76. The van der Waals surface area contributed by atoms with Crippen LogP contribution < -0.4 is 5.32 Å². The van der Waals surface area contributed by atoms with E-state index in [9.17, 15) is 9.59 Å². The molecule has 0 aliphatic heterocycles. The molecule has 0 bridgehead atoms. The molecule has 0 aliphatic rings. The van der Waals surface area contributed by atoms with E-state index in [0.29, 0.717) is 22.4 Å². The number of rotatable bonds is 3.